The van der Waals surface area contributed by atoms with E-state index in [0.717, 1.165) is 25.7 Å². The van der Waals surface area contributed by atoms with Gasteiger partial charge in [-0.05, 0) is 37.2 Å². The van der Waals surface area contributed by atoms with Gasteiger partial charge in [-0.15, -0.1) is 0 Å². The predicted molar refractivity (Wildman–Crippen MR) is 81.0 cm³/mol. The SMILES string of the molecule is CC(CNC(=O)C1CCC(c2ccccc2)CC1)C(=O)O. The minimum absolute atomic E-state index is 0.00890. The fourth-order valence-electron chi connectivity index (χ4n) is 2.90. The van der Waals surface area contributed by atoms with Crippen LogP contribution in [0.1, 0.15) is 44.1 Å². The van der Waals surface area contributed by atoms with Crippen molar-refractivity contribution in [3.8, 4) is 0 Å². The van der Waals surface area contributed by atoms with Gasteiger partial charge in [-0.1, -0.05) is 37.3 Å². The fraction of sp³-hybridized carbons (Fsp3) is 0.529. The zero-order chi connectivity index (χ0) is 15.2. The first-order valence-electron chi connectivity index (χ1n) is 7.63. The Balaban J connectivity index is 1.78. The molecule has 1 amide bonds. The highest BCUT2D eigenvalue weighted by atomic mass is 16.4. The van der Waals surface area contributed by atoms with E-state index in [1.807, 2.05) is 6.07 Å². The third-order valence-electron chi connectivity index (χ3n) is 4.37. The molecule has 0 bridgehead atoms. The van der Waals surface area contributed by atoms with Crippen molar-refractivity contribution in [2.75, 3.05) is 6.54 Å². The van der Waals surface area contributed by atoms with Crippen LogP contribution in [0.4, 0.5) is 0 Å². The molecule has 4 nitrogen and oxygen atoms in total. The van der Waals surface area contributed by atoms with Crippen LogP contribution in [-0.2, 0) is 9.59 Å². The van der Waals surface area contributed by atoms with Crippen LogP contribution in [0.25, 0.3) is 0 Å². The van der Waals surface area contributed by atoms with Crippen molar-refractivity contribution in [1.29, 1.82) is 0 Å². The minimum Gasteiger partial charge on any atom is -0.481 e. The first-order valence-corrected chi connectivity index (χ1v) is 7.63. The van der Waals surface area contributed by atoms with Crippen LogP contribution in [0.2, 0.25) is 0 Å². The number of carbonyl (C=O) groups excluding carboxylic acids is 1. The Labute approximate surface area is 125 Å². The third-order valence-corrected chi connectivity index (χ3v) is 4.37. The third kappa shape index (κ3) is 4.31. The van der Waals surface area contributed by atoms with Gasteiger partial charge in [0.2, 0.25) is 5.91 Å². The van der Waals surface area contributed by atoms with Gasteiger partial charge in [0, 0.05) is 12.5 Å². The fourth-order valence-corrected chi connectivity index (χ4v) is 2.90. The molecule has 0 aliphatic heterocycles. The lowest BCUT2D eigenvalue weighted by atomic mass is 9.78. The van der Waals surface area contributed by atoms with Gasteiger partial charge < -0.3 is 10.4 Å². The molecule has 1 aromatic carbocycles. The first-order chi connectivity index (χ1) is 10.1. The molecule has 0 saturated heterocycles. The van der Waals surface area contributed by atoms with Crippen LogP contribution in [0.3, 0.4) is 0 Å². The molecule has 1 aromatic rings. The number of amides is 1. The predicted octanol–water partition coefficient (Wildman–Crippen LogP) is 2.80. The zero-order valence-corrected chi connectivity index (χ0v) is 12.4. The molecule has 114 valence electrons. The molecule has 0 radical (unpaired) electrons. The zero-order valence-electron chi connectivity index (χ0n) is 12.4. The summed E-state index contributed by atoms with van der Waals surface area (Å²) in [7, 11) is 0. The van der Waals surface area contributed by atoms with Gasteiger partial charge in [-0.3, -0.25) is 9.59 Å². The number of hydrogen-bond acceptors (Lipinski definition) is 2. The lowest BCUT2D eigenvalue weighted by molar-refractivity contribution is -0.141. The summed E-state index contributed by atoms with van der Waals surface area (Å²) in [6.07, 6.45) is 3.81. The first kappa shape index (κ1) is 15.5. The van der Waals surface area contributed by atoms with Crippen molar-refractivity contribution < 1.29 is 14.7 Å². The van der Waals surface area contributed by atoms with E-state index < -0.39 is 11.9 Å². The number of benzene rings is 1. The molecule has 21 heavy (non-hydrogen) atoms. The maximum atomic E-state index is 12.1. The van der Waals surface area contributed by atoms with E-state index in [-0.39, 0.29) is 18.4 Å². The Hall–Kier alpha value is -1.84. The van der Waals surface area contributed by atoms with Gasteiger partial charge in [0.15, 0.2) is 0 Å². The summed E-state index contributed by atoms with van der Waals surface area (Å²) in [6.45, 7) is 1.82. The topological polar surface area (TPSA) is 66.4 Å². The lowest BCUT2D eigenvalue weighted by Gasteiger charge is -2.28. The number of rotatable bonds is 5. The number of carboxylic acids is 1. The molecule has 1 saturated carbocycles. The maximum Gasteiger partial charge on any atom is 0.308 e. The summed E-state index contributed by atoms with van der Waals surface area (Å²) in [4.78, 5) is 22.8. The van der Waals surface area contributed by atoms with Crippen molar-refractivity contribution in [3.05, 3.63) is 35.9 Å². The van der Waals surface area contributed by atoms with Crippen molar-refractivity contribution >= 4 is 11.9 Å². The summed E-state index contributed by atoms with van der Waals surface area (Å²) in [5.74, 6) is -0.813. The Morgan fingerprint density at radius 3 is 2.38 bits per heavy atom. The van der Waals surface area contributed by atoms with Crippen LogP contribution in [0, 0.1) is 11.8 Å². The number of carboxylic acid groups (broad SMARTS) is 1. The van der Waals surface area contributed by atoms with E-state index in [0.29, 0.717) is 5.92 Å². The van der Waals surface area contributed by atoms with E-state index in [2.05, 4.69) is 29.6 Å². The van der Waals surface area contributed by atoms with Crippen LogP contribution in [0.5, 0.6) is 0 Å². The largest absolute Gasteiger partial charge is 0.481 e. The van der Waals surface area contributed by atoms with Crippen molar-refractivity contribution in [1.82, 2.24) is 5.32 Å². The van der Waals surface area contributed by atoms with Gasteiger partial charge >= 0.3 is 5.97 Å². The number of hydrogen-bond donors (Lipinski definition) is 2. The van der Waals surface area contributed by atoms with Crippen molar-refractivity contribution in [2.24, 2.45) is 11.8 Å². The van der Waals surface area contributed by atoms with Crippen LogP contribution < -0.4 is 5.32 Å². The summed E-state index contributed by atoms with van der Waals surface area (Å²) in [5.41, 5.74) is 1.36. The second kappa shape index (κ2) is 7.25. The smallest absolute Gasteiger partial charge is 0.308 e. The summed E-state index contributed by atoms with van der Waals surface area (Å²) in [5, 5.41) is 11.6. The summed E-state index contributed by atoms with van der Waals surface area (Å²) < 4.78 is 0. The Morgan fingerprint density at radius 1 is 1.19 bits per heavy atom. The summed E-state index contributed by atoms with van der Waals surface area (Å²) in [6, 6.07) is 10.4. The Morgan fingerprint density at radius 2 is 1.81 bits per heavy atom. The lowest BCUT2D eigenvalue weighted by Crippen LogP contribution is -2.37. The molecule has 0 aromatic heterocycles. The monoisotopic (exact) mass is 289 g/mol. The van der Waals surface area contributed by atoms with Gasteiger partial charge in [-0.25, -0.2) is 0 Å². The average Bonchev–Trinajstić information content (AvgIpc) is 2.53. The molecule has 1 unspecified atom stereocenters. The van der Waals surface area contributed by atoms with Gasteiger partial charge in [-0.2, -0.15) is 0 Å². The number of aliphatic carboxylic acids is 1. The highest BCUT2D eigenvalue weighted by molar-refractivity contribution is 5.79. The second-order valence-corrected chi connectivity index (χ2v) is 5.94. The molecule has 2 N–H and O–H groups in total. The molecule has 2 rings (SSSR count). The standard InChI is InChI=1S/C17H23NO3/c1-12(17(20)21)11-18-16(19)15-9-7-14(8-10-15)13-5-3-2-4-6-13/h2-6,12,14-15H,7-11H2,1H3,(H,18,19)(H,20,21). The molecule has 1 fully saturated rings. The van der Waals surface area contributed by atoms with Crippen LogP contribution in [-0.4, -0.2) is 23.5 Å². The normalized spacial score (nSPS) is 23.3. The van der Waals surface area contributed by atoms with Crippen LogP contribution >= 0.6 is 0 Å². The molecule has 0 spiro atoms. The van der Waals surface area contributed by atoms with Gasteiger partial charge in [0.1, 0.15) is 0 Å². The van der Waals surface area contributed by atoms with Gasteiger partial charge in [0.25, 0.3) is 0 Å². The second-order valence-electron chi connectivity index (χ2n) is 5.94. The molecule has 1 aliphatic carbocycles. The van der Waals surface area contributed by atoms with E-state index in [4.69, 9.17) is 5.11 Å². The van der Waals surface area contributed by atoms with Crippen LogP contribution in [0.15, 0.2) is 30.3 Å². The molecule has 0 heterocycles. The van der Waals surface area contributed by atoms with Crippen molar-refractivity contribution in [2.45, 2.75) is 38.5 Å². The molecule has 4 heteroatoms. The van der Waals surface area contributed by atoms with E-state index in [1.165, 1.54) is 5.56 Å². The number of nitrogens with one attached hydrogen (secondary N) is 1. The maximum absolute atomic E-state index is 12.1. The Bertz CT molecular complexity index is 478. The molecule has 1 aliphatic rings. The highest BCUT2D eigenvalue weighted by Crippen LogP contribution is 2.35. The average molecular weight is 289 g/mol. The Kier molecular flexibility index (Phi) is 5.37. The van der Waals surface area contributed by atoms with E-state index in [9.17, 15) is 9.59 Å². The highest BCUT2D eigenvalue weighted by Gasteiger charge is 2.27. The molecular weight excluding hydrogens is 266 g/mol. The summed E-state index contributed by atoms with van der Waals surface area (Å²) >= 11 is 0. The quantitative estimate of drug-likeness (QED) is 0.876. The molecular formula is C17H23NO3. The van der Waals surface area contributed by atoms with Crippen molar-refractivity contribution in [3.63, 3.8) is 0 Å². The van der Waals surface area contributed by atoms with E-state index >= 15 is 0 Å². The van der Waals surface area contributed by atoms with Gasteiger partial charge in [0.05, 0.1) is 5.92 Å². The van der Waals surface area contributed by atoms with E-state index in [1.54, 1.807) is 6.92 Å². The minimum atomic E-state index is -0.872. The molecule has 1 atom stereocenters. The number of carbonyl (C=O) groups is 2.